The molecule has 1 atom stereocenters. The first-order chi connectivity index (χ1) is 13.5. The molecule has 0 bridgehead atoms. The number of Topliss-reactive ketones (excluding diaryl/α,β-unsaturated/α-hetero) is 1. The second kappa shape index (κ2) is 11.6. The SMILES string of the molecule is CCCCc1ccc(C(=O)CCC(=O)N2CCCC(C(=O)NCCN)C2)cc1. The molecule has 0 radical (unpaired) electrons. The molecule has 2 amide bonds. The van der Waals surface area contributed by atoms with E-state index in [-0.39, 0.29) is 36.4 Å². The second-order valence-corrected chi connectivity index (χ2v) is 7.48. The number of rotatable bonds is 10. The number of likely N-dealkylation sites (tertiary alicyclic amines) is 1. The zero-order valence-electron chi connectivity index (χ0n) is 16.9. The summed E-state index contributed by atoms with van der Waals surface area (Å²) in [5, 5.41) is 2.79. The van der Waals surface area contributed by atoms with Gasteiger partial charge >= 0.3 is 0 Å². The average Bonchev–Trinajstić information content (AvgIpc) is 2.74. The van der Waals surface area contributed by atoms with Gasteiger partial charge in [-0.05, 0) is 31.2 Å². The molecule has 0 aliphatic carbocycles. The standard InChI is InChI=1S/C22H33N3O3/c1-2-3-5-17-7-9-18(10-8-17)20(26)11-12-21(27)25-15-4-6-19(16-25)22(28)24-14-13-23/h7-10,19H,2-6,11-16,23H2,1H3,(H,24,28). The van der Waals surface area contributed by atoms with Gasteiger partial charge in [0, 0.05) is 44.6 Å². The van der Waals surface area contributed by atoms with Crippen molar-refractivity contribution in [2.24, 2.45) is 11.7 Å². The normalized spacial score (nSPS) is 16.6. The van der Waals surface area contributed by atoms with Crippen molar-refractivity contribution in [2.75, 3.05) is 26.2 Å². The molecule has 6 heteroatoms. The fraction of sp³-hybridized carbons (Fsp3) is 0.591. The van der Waals surface area contributed by atoms with E-state index in [0.29, 0.717) is 31.7 Å². The summed E-state index contributed by atoms with van der Waals surface area (Å²) in [5.74, 6) is -0.285. The van der Waals surface area contributed by atoms with Crippen LogP contribution in [0.3, 0.4) is 0 Å². The summed E-state index contributed by atoms with van der Waals surface area (Å²) < 4.78 is 0. The maximum atomic E-state index is 12.5. The number of aryl methyl sites for hydroxylation is 1. The Morgan fingerprint density at radius 1 is 1.18 bits per heavy atom. The number of nitrogens with one attached hydrogen (secondary N) is 1. The number of carbonyl (C=O) groups is 3. The van der Waals surface area contributed by atoms with Crippen molar-refractivity contribution in [1.29, 1.82) is 0 Å². The predicted molar refractivity (Wildman–Crippen MR) is 110 cm³/mol. The average molecular weight is 388 g/mol. The summed E-state index contributed by atoms with van der Waals surface area (Å²) in [6.45, 7) is 4.10. The van der Waals surface area contributed by atoms with E-state index in [1.165, 1.54) is 5.56 Å². The van der Waals surface area contributed by atoms with Gasteiger partial charge in [-0.2, -0.15) is 0 Å². The Balaban J connectivity index is 1.80. The summed E-state index contributed by atoms with van der Waals surface area (Å²) in [6.07, 6.45) is 5.29. The molecule has 154 valence electrons. The summed E-state index contributed by atoms with van der Waals surface area (Å²) in [4.78, 5) is 38.7. The number of carbonyl (C=O) groups excluding carboxylic acids is 3. The Bertz CT molecular complexity index is 657. The molecule has 0 spiro atoms. The molecule has 1 saturated heterocycles. The fourth-order valence-corrected chi connectivity index (χ4v) is 3.52. The highest BCUT2D eigenvalue weighted by molar-refractivity contribution is 5.98. The van der Waals surface area contributed by atoms with Crippen molar-refractivity contribution in [1.82, 2.24) is 10.2 Å². The van der Waals surface area contributed by atoms with Crippen molar-refractivity contribution < 1.29 is 14.4 Å². The Morgan fingerprint density at radius 2 is 1.93 bits per heavy atom. The summed E-state index contributed by atoms with van der Waals surface area (Å²) >= 11 is 0. The topological polar surface area (TPSA) is 92.5 Å². The third kappa shape index (κ3) is 6.75. The van der Waals surface area contributed by atoms with Crippen LogP contribution in [0.5, 0.6) is 0 Å². The molecule has 1 heterocycles. The highest BCUT2D eigenvalue weighted by Crippen LogP contribution is 2.18. The van der Waals surface area contributed by atoms with Crippen LogP contribution in [0.4, 0.5) is 0 Å². The third-order valence-electron chi connectivity index (χ3n) is 5.25. The van der Waals surface area contributed by atoms with Gasteiger partial charge in [0.15, 0.2) is 5.78 Å². The molecule has 2 rings (SSSR count). The van der Waals surface area contributed by atoms with Crippen LogP contribution in [-0.4, -0.2) is 48.7 Å². The molecular weight excluding hydrogens is 354 g/mol. The minimum Gasteiger partial charge on any atom is -0.355 e. The lowest BCUT2D eigenvalue weighted by atomic mass is 9.96. The second-order valence-electron chi connectivity index (χ2n) is 7.48. The molecule has 1 aliphatic rings. The largest absolute Gasteiger partial charge is 0.355 e. The Morgan fingerprint density at radius 3 is 2.61 bits per heavy atom. The summed E-state index contributed by atoms with van der Waals surface area (Å²) in [7, 11) is 0. The van der Waals surface area contributed by atoms with Gasteiger partial charge in [0.1, 0.15) is 0 Å². The Labute approximate surface area is 167 Å². The van der Waals surface area contributed by atoms with Crippen molar-refractivity contribution in [2.45, 2.75) is 51.9 Å². The van der Waals surface area contributed by atoms with Gasteiger partial charge in [-0.3, -0.25) is 14.4 Å². The van der Waals surface area contributed by atoms with Crippen LogP contribution in [0.1, 0.15) is 61.4 Å². The van der Waals surface area contributed by atoms with E-state index in [0.717, 1.165) is 32.1 Å². The molecule has 1 aliphatic heterocycles. The molecule has 1 fully saturated rings. The number of ketones is 1. The lowest BCUT2D eigenvalue weighted by Gasteiger charge is -2.32. The molecule has 3 N–H and O–H groups in total. The highest BCUT2D eigenvalue weighted by atomic mass is 16.2. The van der Waals surface area contributed by atoms with Crippen molar-refractivity contribution in [3.8, 4) is 0 Å². The van der Waals surface area contributed by atoms with Gasteiger partial charge in [-0.25, -0.2) is 0 Å². The van der Waals surface area contributed by atoms with Crippen LogP contribution in [0, 0.1) is 5.92 Å². The molecular formula is C22H33N3O3. The van der Waals surface area contributed by atoms with Gasteiger partial charge in [0.25, 0.3) is 0 Å². The van der Waals surface area contributed by atoms with Crippen molar-refractivity contribution in [3.63, 3.8) is 0 Å². The van der Waals surface area contributed by atoms with E-state index < -0.39 is 0 Å². The zero-order chi connectivity index (χ0) is 20.4. The number of unbranched alkanes of at least 4 members (excludes halogenated alkanes) is 1. The highest BCUT2D eigenvalue weighted by Gasteiger charge is 2.28. The van der Waals surface area contributed by atoms with E-state index in [4.69, 9.17) is 5.73 Å². The molecule has 0 saturated carbocycles. The van der Waals surface area contributed by atoms with Crippen LogP contribution < -0.4 is 11.1 Å². The van der Waals surface area contributed by atoms with Gasteiger partial charge in [0.05, 0.1) is 5.92 Å². The number of nitrogens with zero attached hydrogens (tertiary/aromatic N) is 1. The number of hydrogen-bond acceptors (Lipinski definition) is 4. The van der Waals surface area contributed by atoms with Crippen molar-refractivity contribution in [3.05, 3.63) is 35.4 Å². The number of piperidine rings is 1. The Hall–Kier alpha value is -2.21. The molecule has 6 nitrogen and oxygen atoms in total. The van der Waals surface area contributed by atoms with Gasteiger partial charge in [-0.1, -0.05) is 37.6 Å². The fourth-order valence-electron chi connectivity index (χ4n) is 3.52. The lowest BCUT2D eigenvalue weighted by Crippen LogP contribution is -2.46. The number of hydrogen-bond donors (Lipinski definition) is 2. The minimum absolute atomic E-state index is 0.00959. The number of nitrogens with two attached hydrogens (primary N) is 1. The van der Waals surface area contributed by atoms with Crippen molar-refractivity contribution >= 4 is 17.6 Å². The molecule has 1 aromatic carbocycles. The maximum absolute atomic E-state index is 12.5. The summed E-state index contributed by atoms with van der Waals surface area (Å²) in [5.41, 5.74) is 7.31. The summed E-state index contributed by atoms with van der Waals surface area (Å²) in [6, 6.07) is 7.72. The van der Waals surface area contributed by atoms with Gasteiger partial charge in [0.2, 0.25) is 11.8 Å². The third-order valence-corrected chi connectivity index (χ3v) is 5.25. The van der Waals surface area contributed by atoms with E-state index in [1.54, 1.807) is 4.90 Å². The quantitative estimate of drug-likeness (QED) is 0.603. The van der Waals surface area contributed by atoms with E-state index >= 15 is 0 Å². The molecule has 0 aromatic heterocycles. The van der Waals surface area contributed by atoms with Crippen LogP contribution in [0.15, 0.2) is 24.3 Å². The zero-order valence-corrected chi connectivity index (χ0v) is 16.9. The lowest BCUT2D eigenvalue weighted by molar-refractivity contribution is -0.135. The van der Waals surface area contributed by atoms with Crippen LogP contribution >= 0.6 is 0 Å². The Kier molecular flexibility index (Phi) is 9.14. The van der Waals surface area contributed by atoms with Gasteiger partial charge < -0.3 is 16.0 Å². The van der Waals surface area contributed by atoms with Crippen LogP contribution in [0.25, 0.3) is 0 Å². The first-order valence-corrected chi connectivity index (χ1v) is 10.4. The smallest absolute Gasteiger partial charge is 0.224 e. The van der Waals surface area contributed by atoms with E-state index in [2.05, 4.69) is 12.2 Å². The first-order valence-electron chi connectivity index (χ1n) is 10.4. The van der Waals surface area contributed by atoms with Crippen LogP contribution in [0.2, 0.25) is 0 Å². The minimum atomic E-state index is -0.185. The monoisotopic (exact) mass is 387 g/mol. The maximum Gasteiger partial charge on any atom is 0.224 e. The first kappa shape index (κ1) is 22.1. The van der Waals surface area contributed by atoms with E-state index in [1.807, 2.05) is 24.3 Å². The van der Waals surface area contributed by atoms with E-state index in [9.17, 15) is 14.4 Å². The molecule has 28 heavy (non-hydrogen) atoms. The molecule has 1 unspecified atom stereocenters. The van der Waals surface area contributed by atoms with Gasteiger partial charge in [-0.15, -0.1) is 0 Å². The number of benzene rings is 1. The predicted octanol–water partition coefficient (Wildman–Crippen LogP) is 2.31. The number of amides is 2. The van der Waals surface area contributed by atoms with Crippen LogP contribution in [-0.2, 0) is 16.0 Å². The molecule has 1 aromatic rings.